The first-order valence-corrected chi connectivity index (χ1v) is 9.31. The van der Waals surface area contributed by atoms with Gasteiger partial charge in [0.15, 0.2) is 0 Å². The summed E-state index contributed by atoms with van der Waals surface area (Å²) in [5.41, 5.74) is 2.66. The molecule has 0 N–H and O–H groups in total. The van der Waals surface area contributed by atoms with Gasteiger partial charge in [-0.05, 0) is 49.6 Å². The number of benzene rings is 2. The number of rotatable bonds is 4. The second kappa shape index (κ2) is 6.76. The van der Waals surface area contributed by atoms with Crippen LogP contribution in [0.4, 0.5) is 0 Å². The second-order valence-corrected chi connectivity index (χ2v) is 6.70. The van der Waals surface area contributed by atoms with E-state index in [1.54, 1.807) is 23.3 Å². The molecule has 6 nitrogen and oxygen atoms in total. The van der Waals surface area contributed by atoms with Crippen LogP contribution in [0.15, 0.2) is 62.7 Å². The Bertz CT molecular complexity index is 1130. The molecule has 130 valence electrons. The SMILES string of the molecule is CSc1ccc(-c2noc(Cn3c(=O)c(C)nc4ccccc43)n2)cc1. The van der Waals surface area contributed by atoms with Crippen LogP contribution >= 0.6 is 11.8 Å². The molecule has 0 spiro atoms. The summed E-state index contributed by atoms with van der Waals surface area (Å²) in [5.74, 6) is 0.891. The third kappa shape index (κ3) is 3.01. The van der Waals surface area contributed by atoms with Crippen LogP contribution in [0.3, 0.4) is 0 Å². The molecular formula is C19H16N4O2S. The molecule has 2 heterocycles. The molecule has 2 aromatic carbocycles. The maximum Gasteiger partial charge on any atom is 0.272 e. The minimum absolute atomic E-state index is 0.159. The molecule has 0 amide bonds. The third-order valence-corrected chi connectivity index (χ3v) is 4.87. The number of thioether (sulfide) groups is 1. The van der Waals surface area contributed by atoms with Crippen molar-refractivity contribution in [2.24, 2.45) is 0 Å². The van der Waals surface area contributed by atoms with E-state index in [-0.39, 0.29) is 12.1 Å². The normalized spacial score (nSPS) is 11.2. The summed E-state index contributed by atoms with van der Waals surface area (Å²) in [5, 5.41) is 4.05. The first kappa shape index (κ1) is 16.5. The van der Waals surface area contributed by atoms with E-state index in [9.17, 15) is 4.79 Å². The molecular weight excluding hydrogens is 348 g/mol. The van der Waals surface area contributed by atoms with Gasteiger partial charge in [-0.1, -0.05) is 17.3 Å². The van der Waals surface area contributed by atoms with Gasteiger partial charge in [0.25, 0.3) is 5.56 Å². The monoisotopic (exact) mass is 364 g/mol. The van der Waals surface area contributed by atoms with E-state index >= 15 is 0 Å². The summed E-state index contributed by atoms with van der Waals surface area (Å²) in [7, 11) is 0. The summed E-state index contributed by atoms with van der Waals surface area (Å²) in [4.78, 5) is 22.5. The van der Waals surface area contributed by atoms with Crippen molar-refractivity contribution in [3.8, 4) is 11.4 Å². The number of hydrogen-bond acceptors (Lipinski definition) is 6. The number of aryl methyl sites for hydroxylation is 1. The van der Waals surface area contributed by atoms with E-state index in [1.807, 2.05) is 54.8 Å². The van der Waals surface area contributed by atoms with Crippen LogP contribution in [0.1, 0.15) is 11.6 Å². The Balaban J connectivity index is 1.70. The third-order valence-electron chi connectivity index (χ3n) is 4.13. The molecule has 0 saturated heterocycles. The van der Waals surface area contributed by atoms with Gasteiger partial charge >= 0.3 is 0 Å². The lowest BCUT2D eigenvalue weighted by Crippen LogP contribution is -2.24. The highest BCUT2D eigenvalue weighted by Gasteiger charge is 2.13. The maximum absolute atomic E-state index is 12.5. The Morgan fingerprint density at radius 3 is 2.62 bits per heavy atom. The first-order chi connectivity index (χ1) is 12.7. The average molecular weight is 364 g/mol. The molecule has 7 heteroatoms. The van der Waals surface area contributed by atoms with E-state index in [2.05, 4.69) is 15.1 Å². The molecule has 2 aromatic heterocycles. The maximum atomic E-state index is 12.5. The Morgan fingerprint density at radius 1 is 1.08 bits per heavy atom. The zero-order chi connectivity index (χ0) is 18.1. The van der Waals surface area contributed by atoms with Gasteiger partial charge in [-0.3, -0.25) is 9.36 Å². The number of hydrogen-bond donors (Lipinski definition) is 0. The smallest absolute Gasteiger partial charge is 0.272 e. The second-order valence-electron chi connectivity index (χ2n) is 5.82. The zero-order valence-corrected chi connectivity index (χ0v) is 15.2. The van der Waals surface area contributed by atoms with Crippen LogP contribution in [0.25, 0.3) is 22.4 Å². The number of fused-ring (bicyclic) bond motifs is 1. The summed E-state index contributed by atoms with van der Waals surface area (Å²) >= 11 is 1.68. The minimum atomic E-state index is -0.159. The molecule has 26 heavy (non-hydrogen) atoms. The van der Waals surface area contributed by atoms with Crippen molar-refractivity contribution in [1.82, 2.24) is 19.7 Å². The van der Waals surface area contributed by atoms with Gasteiger partial charge in [-0.15, -0.1) is 11.8 Å². The van der Waals surface area contributed by atoms with Gasteiger partial charge in [0.1, 0.15) is 12.2 Å². The molecule has 0 aliphatic carbocycles. The van der Waals surface area contributed by atoms with E-state index < -0.39 is 0 Å². The summed E-state index contributed by atoms with van der Waals surface area (Å²) in [6, 6.07) is 15.5. The predicted octanol–water partition coefficient (Wildman–Crippen LogP) is 3.53. The first-order valence-electron chi connectivity index (χ1n) is 8.09. The van der Waals surface area contributed by atoms with Crippen molar-refractivity contribution in [2.45, 2.75) is 18.4 Å². The van der Waals surface area contributed by atoms with E-state index in [0.29, 0.717) is 17.4 Å². The topological polar surface area (TPSA) is 73.8 Å². The van der Waals surface area contributed by atoms with Crippen molar-refractivity contribution in [2.75, 3.05) is 6.26 Å². The van der Waals surface area contributed by atoms with Gasteiger partial charge in [-0.2, -0.15) is 4.98 Å². The largest absolute Gasteiger partial charge is 0.337 e. The molecule has 0 atom stereocenters. The highest BCUT2D eigenvalue weighted by Crippen LogP contribution is 2.21. The number of para-hydroxylation sites is 2. The fourth-order valence-corrected chi connectivity index (χ4v) is 3.20. The van der Waals surface area contributed by atoms with Gasteiger partial charge in [0.2, 0.25) is 11.7 Å². The van der Waals surface area contributed by atoms with Gasteiger partial charge in [0.05, 0.1) is 11.0 Å². The lowest BCUT2D eigenvalue weighted by atomic mass is 10.2. The molecule has 0 unspecified atom stereocenters. The van der Waals surface area contributed by atoms with Crippen LogP contribution in [0.5, 0.6) is 0 Å². The van der Waals surface area contributed by atoms with Crippen LogP contribution in [0, 0.1) is 6.92 Å². The van der Waals surface area contributed by atoms with Crippen molar-refractivity contribution in [1.29, 1.82) is 0 Å². The fourth-order valence-electron chi connectivity index (χ4n) is 2.79. The van der Waals surface area contributed by atoms with Gasteiger partial charge < -0.3 is 4.52 Å². The fraction of sp³-hybridized carbons (Fsp3) is 0.158. The lowest BCUT2D eigenvalue weighted by molar-refractivity contribution is 0.371. The number of aromatic nitrogens is 4. The quantitative estimate of drug-likeness (QED) is 0.516. The van der Waals surface area contributed by atoms with Crippen molar-refractivity contribution in [3.63, 3.8) is 0 Å². The molecule has 4 aromatic rings. The molecule has 0 aliphatic heterocycles. The Labute approximate surface area is 153 Å². The Kier molecular flexibility index (Phi) is 4.30. The van der Waals surface area contributed by atoms with Crippen molar-refractivity contribution >= 4 is 22.8 Å². The summed E-state index contributed by atoms with van der Waals surface area (Å²) < 4.78 is 6.99. The van der Waals surface area contributed by atoms with E-state index in [1.165, 1.54) is 4.90 Å². The lowest BCUT2D eigenvalue weighted by Gasteiger charge is -2.08. The molecule has 4 rings (SSSR count). The van der Waals surface area contributed by atoms with E-state index in [0.717, 1.165) is 16.6 Å². The van der Waals surface area contributed by atoms with Crippen LogP contribution in [-0.4, -0.2) is 25.9 Å². The highest BCUT2D eigenvalue weighted by atomic mass is 32.2. The summed E-state index contributed by atoms with van der Waals surface area (Å²) in [6.45, 7) is 1.91. The zero-order valence-electron chi connectivity index (χ0n) is 14.3. The number of nitrogens with zero attached hydrogens (tertiary/aromatic N) is 4. The molecule has 0 radical (unpaired) electrons. The Hall–Kier alpha value is -2.93. The molecule has 0 fully saturated rings. The Morgan fingerprint density at radius 2 is 1.85 bits per heavy atom. The predicted molar refractivity (Wildman–Crippen MR) is 101 cm³/mol. The van der Waals surface area contributed by atoms with Crippen LogP contribution in [0.2, 0.25) is 0 Å². The minimum Gasteiger partial charge on any atom is -0.337 e. The summed E-state index contributed by atoms with van der Waals surface area (Å²) in [6.07, 6.45) is 2.03. The van der Waals surface area contributed by atoms with Crippen LogP contribution < -0.4 is 5.56 Å². The van der Waals surface area contributed by atoms with Crippen LogP contribution in [-0.2, 0) is 6.54 Å². The van der Waals surface area contributed by atoms with Crippen molar-refractivity contribution < 1.29 is 4.52 Å². The standard InChI is InChI=1S/C19H16N4O2S/c1-12-19(24)23(16-6-4-3-5-15(16)20-12)11-17-21-18(22-25-17)13-7-9-14(26-2)10-8-13/h3-10H,11H2,1-2H3. The molecule has 0 aliphatic rings. The van der Waals surface area contributed by atoms with E-state index in [4.69, 9.17) is 4.52 Å². The molecule has 0 saturated carbocycles. The highest BCUT2D eigenvalue weighted by molar-refractivity contribution is 7.98. The molecule has 0 bridgehead atoms. The van der Waals surface area contributed by atoms with Gasteiger partial charge in [-0.25, -0.2) is 4.98 Å². The average Bonchev–Trinajstić information content (AvgIpc) is 3.14. The van der Waals surface area contributed by atoms with Crippen molar-refractivity contribution in [3.05, 3.63) is 70.5 Å². The van der Waals surface area contributed by atoms with Gasteiger partial charge in [0, 0.05) is 10.5 Å².